The minimum absolute atomic E-state index is 0.0989. The van der Waals surface area contributed by atoms with Gasteiger partial charge in [-0.1, -0.05) is 18.2 Å². The van der Waals surface area contributed by atoms with Crippen LogP contribution in [0.3, 0.4) is 0 Å². The number of aryl methyl sites for hydroxylation is 2. The Bertz CT molecular complexity index is 839. The molecule has 0 amide bonds. The third-order valence-electron chi connectivity index (χ3n) is 4.39. The van der Waals surface area contributed by atoms with Crippen LogP contribution in [-0.4, -0.2) is 36.9 Å². The zero-order valence-corrected chi connectivity index (χ0v) is 13.7. The van der Waals surface area contributed by atoms with Crippen molar-refractivity contribution < 1.29 is 9.04 Å². The fourth-order valence-electron chi connectivity index (χ4n) is 3.24. The van der Waals surface area contributed by atoms with Crippen LogP contribution in [0.4, 0.5) is 17.1 Å². The third-order valence-corrected chi connectivity index (χ3v) is 4.39. The fourth-order valence-corrected chi connectivity index (χ4v) is 3.24. The van der Waals surface area contributed by atoms with Crippen molar-refractivity contribution in [2.45, 2.75) is 19.3 Å². The SMILES string of the molecule is [3H]C([3H])([3H])N(C)CCCN1c2ccccc2CCc2cc([N+](=O)[O-])ccc21. The number of nitrogens with zero attached hydrogens (tertiary/aromatic N) is 3. The first-order chi connectivity index (χ1) is 12.8. The molecule has 24 heavy (non-hydrogen) atoms. The number of non-ortho nitro benzene ring substituents is 1. The van der Waals surface area contributed by atoms with Crippen LogP contribution in [-0.2, 0) is 12.8 Å². The van der Waals surface area contributed by atoms with Crippen LogP contribution in [0.15, 0.2) is 42.5 Å². The minimum Gasteiger partial charge on any atom is -0.341 e. The number of para-hydroxylation sites is 1. The second kappa shape index (κ2) is 7.01. The number of nitro groups is 1. The number of nitro benzene ring substituents is 1. The Morgan fingerprint density at radius 1 is 1.21 bits per heavy atom. The lowest BCUT2D eigenvalue weighted by Gasteiger charge is -2.27. The molecule has 2 aromatic carbocycles. The van der Waals surface area contributed by atoms with Crippen molar-refractivity contribution in [3.05, 3.63) is 63.7 Å². The van der Waals surface area contributed by atoms with Crippen LogP contribution in [0.5, 0.6) is 0 Å². The molecule has 2 aromatic rings. The average Bonchev–Trinajstić information content (AvgIpc) is 2.77. The number of hydrogen-bond acceptors (Lipinski definition) is 4. The Kier molecular flexibility index (Phi) is 3.78. The molecule has 5 heteroatoms. The van der Waals surface area contributed by atoms with Crippen molar-refractivity contribution in [1.82, 2.24) is 4.90 Å². The van der Waals surface area contributed by atoms with E-state index >= 15 is 0 Å². The van der Waals surface area contributed by atoms with E-state index in [2.05, 4.69) is 17.0 Å². The zero-order valence-electron chi connectivity index (χ0n) is 16.7. The van der Waals surface area contributed by atoms with Gasteiger partial charge in [0, 0.05) is 34.2 Å². The molecule has 0 spiro atoms. The Balaban J connectivity index is 1.90. The molecule has 1 aliphatic heterocycles. The van der Waals surface area contributed by atoms with E-state index in [0.717, 1.165) is 29.8 Å². The molecule has 0 bridgehead atoms. The van der Waals surface area contributed by atoms with Crippen LogP contribution < -0.4 is 4.90 Å². The maximum atomic E-state index is 11.1. The van der Waals surface area contributed by atoms with Gasteiger partial charge in [0.2, 0.25) is 0 Å². The van der Waals surface area contributed by atoms with Gasteiger partial charge in [0.25, 0.3) is 5.69 Å². The van der Waals surface area contributed by atoms with Crippen LogP contribution in [0, 0.1) is 10.1 Å². The zero-order chi connectivity index (χ0) is 19.6. The average molecular weight is 331 g/mol. The number of hydrogen-bond donors (Lipinski definition) is 0. The summed E-state index contributed by atoms with van der Waals surface area (Å²) in [5.41, 5.74) is 4.29. The van der Waals surface area contributed by atoms with E-state index in [1.54, 1.807) is 13.1 Å². The summed E-state index contributed by atoms with van der Waals surface area (Å²) in [4.78, 5) is 14.3. The Hall–Kier alpha value is -2.40. The normalized spacial score (nSPS) is 15.8. The van der Waals surface area contributed by atoms with Gasteiger partial charge in [-0.05, 0) is 63.1 Å². The maximum Gasteiger partial charge on any atom is 0.269 e. The topological polar surface area (TPSA) is 49.6 Å². The summed E-state index contributed by atoms with van der Waals surface area (Å²) in [6, 6.07) is 13.1. The summed E-state index contributed by atoms with van der Waals surface area (Å²) >= 11 is 0. The second-order valence-corrected chi connectivity index (χ2v) is 6.13. The van der Waals surface area contributed by atoms with E-state index in [1.807, 2.05) is 18.2 Å². The van der Waals surface area contributed by atoms with Crippen LogP contribution in [0.2, 0.25) is 0 Å². The Morgan fingerprint density at radius 2 is 1.96 bits per heavy atom. The van der Waals surface area contributed by atoms with Crippen molar-refractivity contribution in [3.8, 4) is 0 Å². The van der Waals surface area contributed by atoms with Gasteiger partial charge in [-0.15, -0.1) is 0 Å². The lowest BCUT2D eigenvalue weighted by atomic mass is 10.0. The highest BCUT2D eigenvalue weighted by atomic mass is 16.6. The van der Waals surface area contributed by atoms with Crippen molar-refractivity contribution in [2.75, 3.05) is 32.0 Å². The predicted molar refractivity (Wildman–Crippen MR) is 97.1 cm³/mol. The number of benzene rings is 2. The van der Waals surface area contributed by atoms with Crippen molar-refractivity contribution in [2.24, 2.45) is 0 Å². The van der Waals surface area contributed by atoms with Crippen LogP contribution >= 0.6 is 0 Å². The van der Waals surface area contributed by atoms with Gasteiger partial charge in [0.15, 0.2) is 0 Å². The monoisotopic (exact) mass is 331 g/mol. The number of anilines is 2. The van der Waals surface area contributed by atoms with Crippen LogP contribution in [0.25, 0.3) is 0 Å². The van der Waals surface area contributed by atoms with Gasteiger partial charge in [0.1, 0.15) is 0 Å². The molecule has 0 N–H and O–H groups in total. The van der Waals surface area contributed by atoms with Gasteiger partial charge in [-0.2, -0.15) is 0 Å². The molecule has 126 valence electrons. The summed E-state index contributed by atoms with van der Waals surface area (Å²) in [7, 11) is 1.60. The van der Waals surface area contributed by atoms with E-state index < -0.39 is 6.98 Å². The quantitative estimate of drug-likeness (QED) is 0.618. The molecule has 3 rings (SSSR count). The lowest BCUT2D eigenvalue weighted by molar-refractivity contribution is -0.384. The third kappa shape index (κ3) is 3.41. The Labute approximate surface area is 146 Å². The van der Waals surface area contributed by atoms with E-state index in [0.29, 0.717) is 19.5 Å². The molecule has 0 saturated carbocycles. The summed E-state index contributed by atoms with van der Waals surface area (Å²) in [6.45, 7) is -1.02. The predicted octanol–water partition coefficient (Wildman–Crippen LogP) is 3.78. The smallest absolute Gasteiger partial charge is 0.269 e. The molecule has 0 atom stereocenters. The van der Waals surface area contributed by atoms with Gasteiger partial charge < -0.3 is 9.80 Å². The Morgan fingerprint density at radius 3 is 2.75 bits per heavy atom. The molecule has 0 unspecified atom stereocenters. The van der Waals surface area contributed by atoms with Gasteiger partial charge in [-0.25, -0.2) is 0 Å². The highest BCUT2D eigenvalue weighted by Gasteiger charge is 2.22. The largest absolute Gasteiger partial charge is 0.341 e. The molecule has 0 fully saturated rings. The van der Waals surface area contributed by atoms with E-state index in [1.165, 1.54) is 16.5 Å². The maximum absolute atomic E-state index is 11.1. The molecule has 0 aliphatic carbocycles. The van der Waals surface area contributed by atoms with Crippen molar-refractivity contribution in [1.29, 1.82) is 0 Å². The highest BCUT2D eigenvalue weighted by molar-refractivity contribution is 5.72. The lowest BCUT2D eigenvalue weighted by Crippen LogP contribution is -2.24. The molecular formula is C19H23N3O2. The van der Waals surface area contributed by atoms with Crippen molar-refractivity contribution >= 4 is 17.1 Å². The second-order valence-electron chi connectivity index (χ2n) is 6.13. The molecular weight excluding hydrogens is 302 g/mol. The number of fused-ring (bicyclic) bond motifs is 2. The molecule has 1 aliphatic rings. The minimum atomic E-state index is -2.10. The van der Waals surface area contributed by atoms with E-state index in [9.17, 15) is 10.1 Å². The molecule has 0 radical (unpaired) electrons. The first-order valence-electron chi connectivity index (χ1n) is 9.61. The molecule has 0 saturated heterocycles. The van der Waals surface area contributed by atoms with Gasteiger partial charge >= 0.3 is 0 Å². The first-order valence-corrected chi connectivity index (χ1v) is 8.11. The van der Waals surface area contributed by atoms with Crippen molar-refractivity contribution in [3.63, 3.8) is 0 Å². The summed E-state index contributed by atoms with van der Waals surface area (Å²) in [5, 5.41) is 11.1. The molecule has 0 aromatic heterocycles. The number of rotatable bonds is 5. The van der Waals surface area contributed by atoms with E-state index in [-0.39, 0.29) is 10.6 Å². The molecule has 1 heterocycles. The summed E-state index contributed by atoms with van der Waals surface area (Å²) in [5.74, 6) is 0. The highest BCUT2D eigenvalue weighted by Crippen LogP contribution is 2.37. The summed E-state index contributed by atoms with van der Waals surface area (Å²) < 4.78 is 22.4. The van der Waals surface area contributed by atoms with Gasteiger partial charge in [-0.3, -0.25) is 10.1 Å². The summed E-state index contributed by atoms with van der Waals surface area (Å²) in [6.07, 6.45) is 2.22. The van der Waals surface area contributed by atoms with Gasteiger partial charge in [0.05, 0.1) is 4.92 Å². The molecule has 5 nitrogen and oxygen atoms in total. The fraction of sp³-hybridized carbons (Fsp3) is 0.368. The van der Waals surface area contributed by atoms with E-state index in [4.69, 9.17) is 4.11 Å². The standard InChI is InChI=1S/C19H23N3O2/c1-20(2)12-5-13-21-18-7-4-3-6-15(18)8-9-16-14-17(22(23)24)10-11-19(16)21/h3-4,6-7,10-11,14H,5,8-9,12-13H2,1-2H3/i1T3. The first kappa shape index (κ1) is 13.0. The van der Waals surface area contributed by atoms with Crippen LogP contribution in [0.1, 0.15) is 21.7 Å².